The maximum absolute atomic E-state index is 16.3. The van der Waals surface area contributed by atoms with Crippen molar-refractivity contribution in [2.45, 2.75) is 72.4 Å². The lowest BCUT2D eigenvalue weighted by atomic mass is 9.96. The molecule has 1 aromatic heterocycles. The summed E-state index contributed by atoms with van der Waals surface area (Å²) in [5, 5.41) is 5.10. The number of rotatable bonds is 14. The lowest BCUT2D eigenvalue weighted by molar-refractivity contribution is 0.0480. The first-order valence-electron chi connectivity index (χ1n) is 16.7. The second kappa shape index (κ2) is 19.2. The van der Waals surface area contributed by atoms with Crippen molar-refractivity contribution in [3.8, 4) is 11.1 Å². The first kappa shape index (κ1) is 38.5. The van der Waals surface area contributed by atoms with Crippen molar-refractivity contribution < 1.29 is 27.5 Å². The zero-order valence-electron chi connectivity index (χ0n) is 29.2. The number of aliphatic imine (C=N–C) groups is 1. The van der Waals surface area contributed by atoms with Gasteiger partial charge in [-0.15, -0.1) is 0 Å². The van der Waals surface area contributed by atoms with E-state index in [1.807, 2.05) is 88.4 Å². The molecule has 0 aliphatic carbocycles. The fraction of sp³-hybridized carbons (Fsp3) is 0.351. The lowest BCUT2D eigenvalue weighted by Crippen LogP contribution is -2.34. The molecule has 2 amide bonds. The SMILES string of the molecule is CC.CCNC(=O)NC=Nc1c(N)cc(-c2cnc(C(C)(C)OP(OCc3ccccc3)OCc3ccccc3)nc2)c(F)c1C1CCCO1. The topological polar surface area (TPSA) is 142 Å². The molecule has 11 nitrogen and oxygen atoms in total. The standard InChI is InChI=1S/C35H40FN6O5P.C2H6/c1-4-38-34(43)42-23-41-32-28(37)18-27(31(36)30(32)29-16-11-17-44-29)26-19-39-33(40-20-26)35(2,3)47-48(45-21-24-12-7-5-8-13-24)46-22-25-14-9-6-10-15-25;1-2/h5-10,12-15,18-20,23,29H,4,11,16-17,21-22,37H2,1-3H3,(H2,38,41,42,43);1-2H3. The van der Waals surface area contributed by atoms with E-state index in [4.69, 9.17) is 24.0 Å². The Bertz CT molecular complexity index is 1630. The van der Waals surface area contributed by atoms with E-state index in [-0.39, 0.29) is 22.5 Å². The van der Waals surface area contributed by atoms with Gasteiger partial charge in [-0.25, -0.2) is 24.1 Å². The van der Waals surface area contributed by atoms with Crippen LogP contribution in [0.3, 0.4) is 0 Å². The summed E-state index contributed by atoms with van der Waals surface area (Å²) < 4.78 is 40.7. The Morgan fingerprint density at radius 2 is 1.66 bits per heavy atom. The van der Waals surface area contributed by atoms with E-state index in [0.717, 1.165) is 17.5 Å². The third-order valence-electron chi connectivity index (χ3n) is 7.44. The van der Waals surface area contributed by atoms with Crippen molar-refractivity contribution in [1.82, 2.24) is 20.6 Å². The van der Waals surface area contributed by atoms with Crippen molar-refractivity contribution in [3.05, 3.63) is 107 Å². The summed E-state index contributed by atoms with van der Waals surface area (Å²) >= 11 is 0. The van der Waals surface area contributed by atoms with Crippen LogP contribution in [-0.4, -0.2) is 35.5 Å². The molecule has 0 saturated carbocycles. The summed E-state index contributed by atoms with van der Waals surface area (Å²) in [6.07, 6.45) is 5.09. The molecule has 1 aliphatic heterocycles. The average Bonchev–Trinajstić information content (AvgIpc) is 3.67. The Morgan fingerprint density at radius 3 is 2.20 bits per heavy atom. The highest BCUT2D eigenvalue weighted by Crippen LogP contribution is 2.48. The number of nitrogens with zero attached hydrogens (tertiary/aromatic N) is 3. The number of carbonyl (C=O) groups is 1. The van der Waals surface area contributed by atoms with Crippen LogP contribution in [0.2, 0.25) is 0 Å². The predicted molar refractivity (Wildman–Crippen MR) is 195 cm³/mol. The van der Waals surface area contributed by atoms with E-state index in [0.29, 0.717) is 44.2 Å². The number of nitrogen functional groups attached to an aromatic ring is 1. The Hall–Kier alpha value is -4.32. The number of halogens is 1. The van der Waals surface area contributed by atoms with Crippen molar-refractivity contribution in [1.29, 1.82) is 0 Å². The van der Waals surface area contributed by atoms with Gasteiger partial charge in [0.1, 0.15) is 11.4 Å². The first-order valence-corrected chi connectivity index (χ1v) is 17.8. The third kappa shape index (κ3) is 10.6. The van der Waals surface area contributed by atoms with Crippen molar-refractivity contribution in [2.75, 3.05) is 18.9 Å². The Balaban J connectivity index is 0.00000276. The molecule has 4 N–H and O–H groups in total. The Morgan fingerprint density at radius 1 is 1.06 bits per heavy atom. The summed E-state index contributed by atoms with van der Waals surface area (Å²) in [7, 11) is -1.82. The van der Waals surface area contributed by atoms with Crippen LogP contribution in [0.25, 0.3) is 11.1 Å². The number of benzene rings is 3. The van der Waals surface area contributed by atoms with E-state index in [2.05, 4.69) is 25.6 Å². The molecular weight excluding hydrogens is 658 g/mol. The second-order valence-electron chi connectivity index (χ2n) is 11.5. The summed E-state index contributed by atoms with van der Waals surface area (Å²) in [4.78, 5) is 25.3. The maximum Gasteiger partial charge on any atom is 0.334 e. The fourth-order valence-electron chi connectivity index (χ4n) is 5.01. The smallest absolute Gasteiger partial charge is 0.334 e. The van der Waals surface area contributed by atoms with E-state index in [9.17, 15) is 4.79 Å². The van der Waals surface area contributed by atoms with Crippen molar-refractivity contribution in [2.24, 2.45) is 4.99 Å². The van der Waals surface area contributed by atoms with Crippen LogP contribution in [-0.2, 0) is 37.1 Å². The maximum atomic E-state index is 16.3. The number of amides is 2. The van der Waals surface area contributed by atoms with Crippen LogP contribution in [0.15, 0.2) is 84.1 Å². The zero-order chi connectivity index (χ0) is 35.9. The minimum absolute atomic E-state index is 0.200. The Labute approximate surface area is 294 Å². The molecule has 5 rings (SSSR count). The third-order valence-corrected chi connectivity index (χ3v) is 8.73. The quantitative estimate of drug-likeness (QED) is 0.0513. The molecule has 1 unspecified atom stereocenters. The minimum atomic E-state index is -1.82. The molecular formula is C37H46FN6O5P. The summed E-state index contributed by atoms with van der Waals surface area (Å²) in [6, 6.07) is 20.6. The highest BCUT2D eigenvalue weighted by Gasteiger charge is 2.32. The largest absolute Gasteiger partial charge is 0.397 e. The number of urea groups is 1. The van der Waals surface area contributed by atoms with Crippen LogP contribution in [0.5, 0.6) is 0 Å². The average molecular weight is 705 g/mol. The number of ether oxygens (including phenoxy) is 1. The fourth-order valence-corrected chi connectivity index (χ4v) is 6.15. The van der Waals surface area contributed by atoms with Gasteiger partial charge in [0.25, 0.3) is 0 Å². The number of anilines is 1. The molecule has 1 atom stereocenters. The zero-order valence-corrected chi connectivity index (χ0v) is 30.1. The second-order valence-corrected chi connectivity index (χ2v) is 12.6. The van der Waals surface area contributed by atoms with Gasteiger partial charge < -0.3 is 24.8 Å². The highest BCUT2D eigenvalue weighted by atomic mass is 31.2. The number of nitrogens with one attached hydrogen (secondary N) is 2. The number of hydrogen-bond acceptors (Lipinski definition) is 9. The van der Waals surface area contributed by atoms with Crippen LogP contribution in [0, 0.1) is 5.82 Å². The number of carbonyl (C=O) groups excluding carboxylic acids is 1. The number of aromatic nitrogens is 2. The highest BCUT2D eigenvalue weighted by molar-refractivity contribution is 7.41. The lowest BCUT2D eigenvalue weighted by Gasteiger charge is -2.28. The molecule has 13 heteroatoms. The van der Waals surface area contributed by atoms with Crippen LogP contribution in [0.1, 0.15) is 76.1 Å². The predicted octanol–water partition coefficient (Wildman–Crippen LogP) is 8.63. The van der Waals surface area contributed by atoms with Crippen LogP contribution >= 0.6 is 8.60 Å². The summed E-state index contributed by atoms with van der Waals surface area (Å²) in [5.74, 6) is -0.184. The molecule has 0 bridgehead atoms. The summed E-state index contributed by atoms with van der Waals surface area (Å²) in [5.41, 5.74) is 8.62. The molecule has 1 saturated heterocycles. The van der Waals surface area contributed by atoms with E-state index >= 15 is 4.39 Å². The van der Waals surface area contributed by atoms with Gasteiger partial charge in [0.15, 0.2) is 5.82 Å². The first-order chi connectivity index (χ1) is 24.2. The minimum Gasteiger partial charge on any atom is -0.397 e. The number of nitrogens with two attached hydrogens (primary N) is 1. The van der Waals surface area contributed by atoms with Gasteiger partial charge in [-0.2, -0.15) is 0 Å². The molecule has 2 heterocycles. The Kier molecular flexibility index (Phi) is 14.8. The van der Waals surface area contributed by atoms with Gasteiger partial charge >= 0.3 is 14.6 Å². The molecule has 0 radical (unpaired) electrons. The molecule has 4 aromatic rings. The summed E-state index contributed by atoms with van der Waals surface area (Å²) in [6.45, 7) is 11.0. The molecule has 3 aromatic carbocycles. The van der Waals surface area contributed by atoms with E-state index in [1.165, 1.54) is 24.8 Å². The molecule has 0 spiro atoms. The van der Waals surface area contributed by atoms with E-state index < -0.39 is 32.2 Å². The monoisotopic (exact) mass is 704 g/mol. The van der Waals surface area contributed by atoms with Gasteiger partial charge in [0, 0.05) is 42.2 Å². The number of hydrogen-bond donors (Lipinski definition) is 3. The normalized spacial score (nSPS) is 14.4. The van der Waals surface area contributed by atoms with Gasteiger partial charge in [0.2, 0.25) is 0 Å². The molecule has 1 fully saturated rings. The molecule has 1 aliphatic rings. The van der Waals surface area contributed by atoms with Gasteiger partial charge in [0.05, 0.1) is 37.0 Å². The van der Waals surface area contributed by atoms with Crippen LogP contribution < -0.4 is 16.4 Å². The molecule has 50 heavy (non-hydrogen) atoms. The van der Waals surface area contributed by atoms with E-state index in [1.54, 1.807) is 6.92 Å². The van der Waals surface area contributed by atoms with Gasteiger partial charge in [-0.1, -0.05) is 74.5 Å². The van der Waals surface area contributed by atoms with Gasteiger partial charge in [-0.05, 0) is 50.8 Å². The molecule has 266 valence electrons. The van der Waals surface area contributed by atoms with Crippen molar-refractivity contribution in [3.63, 3.8) is 0 Å². The van der Waals surface area contributed by atoms with Crippen molar-refractivity contribution >= 4 is 32.3 Å². The van der Waals surface area contributed by atoms with Gasteiger partial charge in [-0.3, -0.25) is 9.84 Å². The van der Waals surface area contributed by atoms with Crippen LogP contribution in [0.4, 0.5) is 20.6 Å².